The molecule has 2 aromatic rings. The second kappa shape index (κ2) is 5.50. The van der Waals surface area contributed by atoms with E-state index in [-0.39, 0.29) is 0 Å². The lowest BCUT2D eigenvalue weighted by atomic mass is 9.80. The minimum Gasteiger partial charge on any atom is -0.0836 e. The summed E-state index contributed by atoms with van der Waals surface area (Å²) in [6.45, 7) is 2.22. The smallest absolute Gasteiger partial charge is 0.0429 e. The van der Waals surface area contributed by atoms with Crippen LogP contribution in [-0.2, 0) is 12.8 Å². The highest BCUT2D eigenvalue weighted by atomic mass is 79.9. The van der Waals surface area contributed by atoms with Crippen LogP contribution in [0.3, 0.4) is 0 Å². The van der Waals surface area contributed by atoms with Gasteiger partial charge in [-0.3, -0.25) is 0 Å². The Bertz CT molecular complexity index is 573. The third-order valence-corrected chi connectivity index (χ3v) is 5.53. The largest absolute Gasteiger partial charge is 0.0836 e. The lowest BCUT2D eigenvalue weighted by Gasteiger charge is -2.30. The fourth-order valence-electron chi connectivity index (χ4n) is 3.10. The Morgan fingerprint density at radius 1 is 1.05 bits per heavy atom. The number of alkyl halides is 1. The fourth-order valence-corrected chi connectivity index (χ4v) is 4.00. The summed E-state index contributed by atoms with van der Waals surface area (Å²) in [6, 6.07) is 17.6. The zero-order valence-electron chi connectivity index (χ0n) is 11.3. The van der Waals surface area contributed by atoms with Gasteiger partial charge in [0, 0.05) is 4.83 Å². The number of hydrogen-bond acceptors (Lipinski definition) is 0. The van der Waals surface area contributed by atoms with Crippen LogP contribution in [0.4, 0.5) is 0 Å². The van der Waals surface area contributed by atoms with Crippen molar-refractivity contribution < 1.29 is 0 Å². The third-order valence-electron chi connectivity index (χ3n) is 4.29. The van der Waals surface area contributed by atoms with Crippen LogP contribution in [0.25, 0.3) is 0 Å². The lowest BCUT2D eigenvalue weighted by molar-refractivity contribution is 0.452. The normalized spacial score (nSPS) is 22.0. The Kier molecular flexibility index (Phi) is 3.74. The third kappa shape index (κ3) is 2.62. The predicted octanol–water partition coefficient (Wildman–Crippen LogP) is 5.24. The molecule has 0 N–H and O–H groups in total. The summed E-state index contributed by atoms with van der Waals surface area (Å²) < 4.78 is 0. The Hall–Kier alpha value is -1.08. The molecule has 0 saturated heterocycles. The Labute approximate surface area is 124 Å². The molecule has 3 rings (SSSR count). The molecule has 0 heterocycles. The maximum Gasteiger partial charge on any atom is 0.0429 e. The maximum atomic E-state index is 3.94. The number of rotatable bonds is 2. The van der Waals surface area contributed by atoms with Crippen molar-refractivity contribution in [3.63, 3.8) is 0 Å². The molecule has 0 nitrogen and oxygen atoms in total. The molecule has 98 valence electrons. The van der Waals surface area contributed by atoms with Gasteiger partial charge in [-0.1, -0.05) is 64.5 Å². The maximum absolute atomic E-state index is 3.94. The second-order valence-corrected chi connectivity index (χ2v) is 6.52. The van der Waals surface area contributed by atoms with Crippen molar-refractivity contribution in [1.29, 1.82) is 0 Å². The van der Waals surface area contributed by atoms with Crippen molar-refractivity contribution in [2.75, 3.05) is 0 Å². The first-order chi connectivity index (χ1) is 9.25. The Morgan fingerprint density at radius 2 is 1.79 bits per heavy atom. The summed E-state index contributed by atoms with van der Waals surface area (Å²) in [5.74, 6) is 0.705. The molecule has 0 radical (unpaired) electrons. The van der Waals surface area contributed by atoms with Gasteiger partial charge in [0.2, 0.25) is 0 Å². The van der Waals surface area contributed by atoms with Gasteiger partial charge >= 0.3 is 0 Å². The zero-order chi connectivity index (χ0) is 13.2. The molecule has 0 aromatic heterocycles. The average molecular weight is 315 g/mol. The molecule has 1 aliphatic rings. The number of aryl methyl sites for hydroxylation is 2. The summed E-state index contributed by atoms with van der Waals surface area (Å²) in [4.78, 5) is 0.497. The molecule has 1 heteroatoms. The Morgan fingerprint density at radius 3 is 2.63 bits per heavy atom. The van der Waals surface area contributed by atoms with Gasteiger partial charge in [0.1, 0.15) is 0 Å². The molecule has 2 atom stereocenters. The second-order valence-electron chi connectivity index (χ2n) is 5.53. The first kappa shape index (κ1) is 12.9. The van der Waals surface area contributed by atoms with E-state index in [1.807, 2.05) is 0 Å². The van der Waals surface area contributed by atoms with Crippen molar-refractivity contribution in [3.05, 3.63) is 70.8 Å². The number of hydrogen-bond donors (Lipinski definition) is 0. The molecular formula is C18H19Br. The summed E-state index contributed by atoms with van der Waals surface area (Å²) in [5.41, 5.74) is 5.93. The van der Waals surface area contributed by atoms with Crippen LogP contribution in [0.5, 0.6) is 0 Å². The van der Waals surface area contributed by atoms with E-state index >= 15 is 0 Å². The molecule has 0 fully saturated rings. The molecule has 2 aromatic carbocycles. The van der Waals surface area contributed by atoms with E-state index < -0.39 is 0 Å². The van der Waals surface area contributed by atoms with Crippen molar-refractivity contribution in [3.8, 4) is 0 Å². The van der Waals surface area contributed by atoms with Crippen LogP contribution in [0.2, 0.25) is 0 Å². The van der Waals surface area contributed by atoms with Gasteiger partial charge in [-0.05, 0) is 54.4 Å². The summed E-state index contributed by atoms with van der Waals surface area (Å²) >= 11 is 3.94. The monoisotopic (exact) mass is 314 g/mol. The van der Waals surface area contributed by atoms with Gasteiger partial charge in [0.15, 0.2) is 0 Å². The van der Waals surface area contributed by atoms with E-state index in [1.165, 1.54) is 41.5 Å². The topological polar surface area (TPSA) is 0 Å². The van der Waals surface area contributed by atoms with Gasteiger partial charge in [0.25, 0.3) is 0 Å². The first-order valence-corrected chi connectivity index (χ1v) is 7.93. The molecule has 1 aliphatic carbocycles. The van der Waals surface area contributed by atoms with Gasteiger partial charge < -0.3 is 0 Å². The molecule has 0 amide bonds. The van der Waals surface area contributed by atoms with Gasteiger partial charge in [0.05, 0.1) is 0 Å². The minimum atomic E-state index is 0.497. The van der Waals surface area contributed by atoms with E-state index in [2.05, 4.69) is 71.4 Å². The standard InChI is InChI=1S/C18H19Br/c1-13-6-2-3-8-15(13)12-16-11-10-14-7-4-5-9-17(14)18(16)19/h2-9,16,18H,10-12H2,1H3. The van der Waals surface area contributed by atoms with Crippen molar-refractivity contribution >= 4 is 15.9 Å². The molecular weight excluding hydrogens is 296 g/mol. The molecule has 0 saturated carbocycles. The highest BCUT2D eigenvalue weighted by Crippen LogP contribution is 2.42. The van der Waals surface area contributed by atoms with Crippen molar-refractivity contribution in [2.45, 2.75) is 31.0 Å². The zero-order valence-corrected chi connectivity index (χ0v) is 12.9. The van der Waals surface area contributed by atoms with E-state index in [0.29, 0.717) is 10.7 Å². The molecule has 0 aliphatic heterocycles. The average Bonchev–Trinajstić information content (AvgIpc) is 2.44. The van der Waals surface area contributed by atoms with Crippen LogP contribution in [-0.4, -0.2) is 0 Å². The quantitative estimate of drug-likeness (QED) is 0.665. The van der Waals surface area contributed by atoms with Crippen LogP contribution in [0.1, 0.15) is 33.5 Å². The van der Waals surface area contributed by atoms with Crippen LogP contribution in [0.15, 0.2) is 48.5 Å². The minimum absolute atomic E-state index is 0.497. The van der Waals surface area contributed by atoms with Gasteiger partial charge in [-0.2, -0.15) is 0 Å². The van der Waals surface area contributed by atoms with E-state index in [1.54, 1.807) is 0 Å². The lowest BCUT2D eigenvalue weighted by Crippen LogP contribution is -2.19. The SMILES string of the molecule is Cc1ccccc1CC1CCc2ccccc2C1Br. The van der Waals surface area contributed by atoms with Crippen LogP contribution in [0, 0.1) is 12.8 Å². The number of fused-ring (bicyclic) bond motifs is 1. The van der Waals surface area contributed by atoms with E-state index in [0.717, 1.165) is 0 Å². The van der Waals surface area contributed by atoms with Crippen LogP contribution >= 0.6 is 15.9 Å². The highest BCUT2D eigenvalue weighted by Gasteiger charge is 2.27. The summed E-state index contributed by atoms with van der Waals surface area (Å²) in [7, 11) is 0. The first-order valence-electron chi connectivity index (χ1n) is 7.02. The van der Waals surface area contributed by atoms with Gasteiger partial charge in [-0.15, -0.1) is 0 Å². The molecule has 19 heavy (non-hydrogen) atoms. The summed E-state index contributed by atoms with van der Waals surface area (Å²) in [5, 5.41) is 0. The molecule has 2 unspecified atom stereocenters. The molecule has 0 spiro atoms. The Balaban J connectivity index is 1.83. The van der Waals surface area contributed by atoms with Gasteiger partial charge in [-0.25, -0.2) is 0 Å². The highest BCUT2D eigenvalue weighted by molar-refractivity contribution is 9.09. The predicted molar refractivity (Wildman–Crippen MR) is 84.8 cm³/mol. The summed E-state index contributed by atoms with van der Waals surface area (Å²) in [6.07, 6.45) is 3.67. The fraction of sp³-hybridized carbons (Fsp3) is 0.333. The van der Waals surface area contributed by atoms with Crippen molar-refractivity contribution in [2.24, 2.45) is 5.92 Å². The number of halogens is 1. The van der Waals surface area contributed by atoms with Crippen molar-refractivity contribution in [1.82, 2.24) is 0 Å². The van der Waals surface area contributed by atoms with E-state index in [9.17, 15) is 0 Å². The van der Waals surface area contributed by atoms with Crippen LogP contribution < -0.4 is 0 Å². The number of benzene rings is 2. The van der Waals surface area contributed by atoms with E-state index in [4.69, 9.17) is 0 Å². The molecule has 0 bridgehead atoms.